The molecule has 0 aliphatic carbocycles. The van der Waals surface area contributed by atoms with Crippen molar-refractivity contribution < 1.29 is 9.18 Å². The second-order valence-corrected chi connectivity index (χ2v) is 8.12. The lowest BCUT2D eigenvalue weighted by atomic mass is 10.2. The first-order chi connectivity index (χ1) is 15.5. The molecule has 2 saturated heterocycles. The SMILES string of the molecule is CN=C(NCCN1CCN(c2ccc(F)cc2)CC1)N1CCN(c2cnn(C)c2)C(=O)C1. The van der Waals surface area contributed by atoms with Gasteiger partial charge in [-0.05, 0) is 24.3 Å². The first kappa shape index (κ1) is 22.1. The van der Waals surface area contributed by atoms with Gasteiger partial charge < -0.3 is 20.0 Å². The number of anilines is 2. The van der Waals surface area contributed by atoms with E-state index in [1.54, 1.807) is 22.8 Å². The fourth-order valence-corrected chi connectivity index (χ4v) is 4.21. The Hall–Kier alpha value is -3.14. The molecule has 3 heterocycles. The van der Waals surface area contributed by atoms with E-state index < -0.39 is 0 Å². The van der Waals surface area contributed by atoms with E-state index in [0.29, 0.717) is 13.1 Å². The summed E-state index contributed by atoms with van der Waals surface area (Å²) in [4.78, 5) is 25.5. The van der Waals surface area contributed by atoms with Crippen molar-refractivity contribution in [1.82, 2.24) is 24.9 Å². The van der Waals surface area contributed by atoms with Crippen molar-refractivity contribution in [2.24, 2.45) is 12.0 Å². The number of aliphatic imine (C=N–C) groups is 1. The second kappa shape index (κ2) is 9.99. The summed E-state index contributed by atoms with van der Waals surface area (Å²) in [5.41, 5.74) is 1.90. The fourth-order valence-electron chi connectivity index (χ4n) is 4.21. The lowest BCUT2D eigenvalue weighted by Crippen LogP contribution is -2.56. The van der Waals surface area contributed by atoms with E-state index in [0.717, 1.165) is 63.1 Å². The number of nitrogens with one attached hydrogen (secondary N) is 1. The summed E-state index contributed by atoms with van der Waals surface area (Å²) in [6.07, 6.45) is 3.58. The molecule has 1 amide bonds. The van der Waals surface area contributed by atoms with E-state index in [-0.39, 0.29) is 11.7 Å². The summed E-state index contributed by atoms with van der Waals surface area (Å²) >= 11 is 0. The van der Waals surface area contributed by atoms with Crippen molar-refractivity contribution in [2.45, 2.75) is 0 Å². The Kier molecular flexibility index (Phi) is 6.89. The summed E-state index contributed by atoms with van der Waals surface area (Å²) in [6, 6.07) is 6.70. The number of amides is 1. The lowest BCUT2D eigenvalue weighted by molar-refractivity contribution is -0.120. The second-order valence-electron chi connectivity index (χ2n) is 8.12. The van der Waals surface area contributed by atoms with E-state index in [2.05, 4.69) is 25.2 Å². The molecule has 172 valence electrons. The number of guanidine groups is 1. The third kappa shape index (κ3) is 5.18. The van der Waals surface area contributed by atoms with Gasteiger partial charge in [-0.25, -0.2) is 4.39 Å². The molecule has 10 heteroatoms. The van der Waals surface area contributed by atoms with Crippen molar-refractivity contribution >= 4 is 23.2 Å². The number of halogens is 1. The zero-order chi connectivity index (χ0) is 22.5. The quantitative estimate of drug-likeness (QED) is 0.540. The van der Waals surface area contributed by atoms with Gasteiger partial charge in [0.25, 0.3) is 0 Å². The summed E-state index contributed by atoms with van der Waals surface area (Å²) in [6.45, 7) is 7.05. The molecule has 2 aliphatic heterocycles. The van der Waals surface area contributed by atoms with Gasteiger partial charge in [0.05, 0.1) is 11.9 Å². The first-order valence-corrected chi connectivity index (χ1v) is 11.0. The number of carbonyl (C=O) groups is 1. The molecule has 0 atom stereocenters. The number of rotatable bonds is 5. The predicted molar refractivity (Wildman–Crippen MR) is 124 cm³/mol. The smallest absolute Gasteiger partial charge is 0.246 e. The molecule has 0 spiro atoms. The molecule has 0 radical (unpaired) electrons. The number of nitrogens with zero attached hydrogens (tertiary/aromatic N) is 7. The van der Waals surface area contributed by atoms with E-state index in [9.17, 15) is 9.18 Å². The van der Waals surface area contributed by atoms with Gasteiger partial charge in [-0.15, -0.1) is 0 Å². The highest BCUT2D eigenvalue weighted by molar-refractivity contribution is 5.98. The average Bonchev–Trinajstić information content (AvgIpc) is 3.23. The van der Waals surface area contributed by atoms with Crippen LogP contribution in [0.2, 0.25) is 0 Å². The standard InChI is InChI=1S/C22H31FN8O/c1-24-22(30-13-14-31(21(32)17-30)20-15-26-27(2)16-20)25-7-8-28-9-11-29(12-10-28)19-5-3-18(23)4-6-19/h3-6,15-16H,7-14,17H2,1-2H3,(H,24,25). The first-order valence-electron chi connectivity index (χ1n) is 11.0. The van der Waals surface area contributed by atoms with E-state index in [1.165, 1.54) is 12.1 Å². The maximum Gasteiger partial charge on any atom is 0.246 e. The number of hydrogen-bond donors (Lipinski definition) is 1. The lowest BCUT2D eigenvalue weighted by Gasteiger charge is -2.37. The fraction of sp³-hybridized carbons (Fsp3) is 0.500. The predicted octanol–water partition coefficient (Wildman–Crippen LogP) is 0.605. The summed E-state index contributed by atoms with van der Waals surface area (Å²) < 4.78 is 14.8. The molecule has 0 bridgehead atoms. The Bertz CT molecular complexity index is 936. The van der Waals surface area contributed by atoms with Crippen molar-refractivity contribution in [3.63, 3.8) is 0 Å². The maximum absolute atomic E-state index is 13.1. The topological polar surface area (TPSA) is 72.2 Å². The molecule has 0 unspecified atom stereocenters. The van der Waals surface area contributed by atoms with Gasteiger partial charge in [-0.1, -0.05) is 0 Å². The minimum absolute atomic E-state index is 0.0455. The number of aryl methyl sites for hydroxylation is 1. The Morgan fingerprint density at radius 1 is 1.09 bits per heavy atom. The highest BCUT2D eigenvalue weighted by Gasteiger charge is 2.27. The molecule has 9 nitrogen and oxygen atoms in total. The van der Waals surface area contributed by atoms with Gasteiger partial charge >= 0.3 is 0 Å². The zero-order valence-corrected chi connectivity index (χ0v) is 18.7. The third-order valence-electron chi connectivity index (χ3n) is 6.01. The number of benzene rings is 1. The van der Waals surface area contributed by atoms with Crippen LogP contribution >= 0.6 is 0 Å². The molecule has 2 fully saturated rings. The zero-order valence-electron chi connectivity index (χ0n) is 18.7. The number of carbonyl (C=O) groups excluding carboxylic acids is 1. The Morgan fingerprint density at radius 2 is 1.84 bits per heavy atom. The molecule has 32 heavy (non-hydrogen) atoms. The Labute approximate surface area is 188 Å². The molecule has 1 N–H and O–H groups in total. The van der Waals surface area contributed by atoms with Gasteiger partial charge in [-0.2, -0.15) is 5.10 Å². The van der Waals surface area contributed by atoms with E-state index in [4.69, 9.17) is 0 Å². The van der Waals surface area contributed by atoms with Gasteiger partial charge in [0.2, 0.25) is 5.91 Å². The Morgan fingerprint density at radius 3 is 2.47 bits per heavy atom. The number of piperazine rings is 2. The van der Waals surface area contributed by atoms with Crippen molar-refractivity contribution in [1.29, 1.82) is 0 Å². The van der Waals surface area contributed by atoms with Crippen LogP contribution in [0.5, 0.6) is 0 Å². The minimum Gasteiger partial charge on any atom is -0.369 e. The maximum atomic E-state index is 13.1. The molecule has 4 rings (SSSR count). The third-order valence-corrected chi connectivity index (χ3v) is 6.01. The molecular weight excluding hydrogens is 411 g/mol. The van der Waals surface area contributed by atoms with Crippen LogP contribution < -0.4 is 15.1 Å². The van der Waals surface area contributed by atoms with Crippen LogP contribution in [-0.4, -0.2) is 97.4 Å². The van der Waals surface area contributed by atoms with Crippen molar-refractivity contribution in [3.8, 4) is 0 Å². The molecule has 1 aromatic carbocycles. The van der Waals surface area contributed by atoms with Crippen LogP contribution in [0.15, 0.2) is 41.7 Å². The largest absolute Gasteiger partial charge is 0.369 e. The minimum atomic E-state index is -0.202. The van der Waals surface area contributed by atoms with Crippen LogP contribution in [0.4, 0.5) is 15.8 Å². The highest BCUT2D eigenvalue weighted by atomic mass is 19.1. The molecule has 2 aliphatic rings. The van der Waals surface area contributed by atoms with Crippen LogP contribution in [-0.2, 0) is 11.8 Å². The van der Waals surface area contributed by atoms with Gasteiger partial charge in [-0.3, -0.25) is 19.4 Å². The van der Waals surface area contributed by atoms with Gasteiger partial charge in [0.15, 0.2) is 5.96 Å². The summed E-state index contributed by atoms with van der Waals surface area (Å²) in [7, 11) is 3.60. The van der Waals surface area contributed by atoms with Crippen molar-refractivity contribution in [3.05, 3.63) is 42.5 Å². The van der Waals surface area contributed by atoms with E-state index in [1.807, 2.05) is 30.3 Å². The van der Waals surface area contributed by atoms with Crippen LogP contribution in [0.3, 0.4) is 0 Å². The molecule has 0 saturated carbocycles. The van der Waals surface area contributed by atoms with Crippen LogP contribution in [0.25, 0.3) is 0 Å². The highest BCUT2D eigenvalue weighted by Crippen LogP contribution is 2.17. The monoisotopic (exact) mass is 442 g/mol. The van der Waals surface area contributed by atoms with E-state index >= 15 is 0 Å². The number of hydrogen-bond acceptors (Lipinski definition) is 5. The van der Waals surface area contributed by atoms with Crippen LogP contribution in [0.1, 0.15) is 0 Å². The molecule has 1 aromatic heterocycles. The molecule has 2 aromatic rings. The average molecular weight is 443 g/mol. The van der Waals surface area contributed by atoms with Crippen LogP contribution in [0, 0.1) is 5.82 Å². The summed E-state index contributed by atoms with van der Waals surface area (Å²) in [5, 5.41) is 7.56. The normalized spacial score (nSPS) is 18.4. The van der Waals surface area contributed by atoms with Gasteiger partial charge in [0.1, 0.15) is 12.4 Å². The molecular formula is C22H31FN8O. The van der Waals surface area contributed by atoms with Crippen molar-refractivity contribution in [2.75, 3.05) is 75.8 Å². The van der Waals surface area contributed by atoms with Gasteiger partial charge in [0, 0.05) is 78.3 Å². The Balaban J connectivity index is 1.20. The number of aromatic nitrogens is 2. The summed E-state index contributed by atoms with van der Waals surface area (Å²) in [5.74, 6) is 0.602.